The van der Waals surface area contributed by atoms with Crippen LogP contribution in [0.4, 0.5) is 5.69 Å². The molecule has 2 aromatic carbocycles. The van der Waals surface area contributed by atoms with Gasteiger partial charge >= 0.3 is 0 Å². The second-order valence-corrected chi connectivity index (χ2v) is 6.31. The van der Waals surface area contributed by atoms with Gasteiger partial charge in [-0.2, -0.15) is 0 Å². The number of hydrogen-bond donors (Lipinski definition) is 2. The zero-order valence-corrected chi connectivity index (χ0v) is 19.6. The average Bonchev–Trinajstić information content (AvgIpc) is 3.16. The topological polar surface area (TPSA) is 86.7 Å². The Morgan fingerprint density at radius 1 is 1.10 bits per heavy atom. The Hall–Kier alpha value is -2.75. The predicted molar refractivity (Wildman–Crippen MR) is 131 cm³/mol. The first-order chi connectivity index (χ1) is 14.2. The molecule has 1 aromatic heterocycles. The molecule has 0 fully saturated rings. The fraction of sp³-hybridized carbons (Fsp3) is 0.273. The van der Waals surface area contributed by atoms with Crippen molar-refractivity contribution in [1.82, 2.24) is 9.55 Å². The van der Waals surface area contributed by atoms with Gasteiger partial charge in [0.2, 0.25) is 0 Å². The Morgan fingerprint density at radius 3 is 2.60 bits per heavy atom. The maximum Gasteiger partial charge on any atom is 0.193 e. The lowest BCUT2D eigenvalue weighted by Gasteiger charge is -2.14. The standard InChI is InChI=1S/C22H27N5O2.HI/c1-3-28-18-10-11-20(29-4-2)19(14-18)26-22(23)25-15-21-24-12-13-27(21)16-17-8-6-5-7-9-17;/h5-14H,3-4,15-16H2,1-2H3,(H3,23,25,26);1H. The summed E-state index contributed by atoms with van der Waals surface area (Å²) < 4.78 is 13.3. The van der Waals surface area contributed by atoms with E-state index < -0.39 is 0 Å². The zero-order chi connectivity index (χ0) is 20.5. The summed E-state index contributed by atoms with van der Waals surface area (Å²) in [6, 6.07) is 15.8. The number of hydrogen-bond acceptors (Lipinski definition) is 4. The molecular weight excluding hydrogens is 493 g/mol. The van der Waals surface area contributed by atoms with Gasteiger partial charge in [-0.25, -0.2) is 9.98 Å². The number of ether oxygens (including phenoxy) is 2. The van der Waals surface area contributed by atoms with Crippen LogP contribution in [0.3, 0.4) is 0 Å². The molecule has 3 aromatic rings. The number of guanidine groups is 1. The highest BCUT2D eigenvalue weighted by Crippen LogP contribution is 2.29. The van der Waals surface area contributed by atoms with Gasteiger partial charge < -0.3 is 25.1 Å². The fourth-order valence-corrected chi connectivity index (χ4v) is 2.89. The first-order valence-corrected chi connectivity index (χ1v) is 9.70. The van der Waals surface area contributed by atoms with Crippen molar-refractivity contribution in [2.75, 3.05) is 18.5 Å². The van der Waals surface area contributed by atoms with Crippen molar-refractivity contribution >= 4 is 35.6 Å². The van der Waals surface area contributed by atoms with E-state index in [0.717, 1.165) is 18.1 Å². The van der Waals surface area contributed by atoms with Crippen LogP contribution < -0.4 is 20.5 Å². The number of rotatable bonds is 9. The van der Waals surface area contributed by atoms with Crippen molar-refractivity contribution in [3.8, 4) is 11.5 Å². The average molecular weight is 521 g/mol. The second kappa shape index (κ2) is 12.1. The SMILES string of the molecule is CCOc1ccc(OCC)c(NC(N)=NCc2nccn2Cc2ccccc2)c1.I. The smallest absolute Gasteiger partial charge is 0.193 e. The minimum atomic E-state index is 0. The summed E-state index contributed by atoms with van der Waals surface area (Å²) in [7, 11) is 0. The Labute approximate surface area is 194 Å². The summed E-state index contributed by atoms with van der Waals surface area (Å²) in [5, 5.41) is 3.11. The number of nitrogens with one attached hydrogen (secondary N) is 1. The van der Waals surface area contributed by atoms with Crippen LogP contribution in [0.5, 0.6) is 11.5 Å². The minimum Gasteiger partial charge on any atom is -0.494 e. The Bertz CT molecular complexity index is 944. The van der Waals surface area contributed by atoms with Gasteiger partial charge in [-0.05, 0) is 31.5 Å². The molecule has 160 valence electrons. The molecular formula is C22H28IN5O2. The molecule has 0 saturated carbocycles. The van der Waals surface area contributed by atoms with E-state index in [0.29, 0.717) is 31.2 Å². The van der Waals surface area contributed by atoms with E-state index in [-0.39, 0.29) is 29.9 Å². The van der Waals surface area contributed by atoms with Crippen LogP contribution in [0, 0.1) is 0 Å². The molecule has 0 radical (unpaired) electrons. The van der Waals surface area contributed by atoms with Crippen LogP contribution in [-0.2, 0) is 13.1 Å². The molecule has 3 rings (SSSR count). The van der Waals surface area contributed by atoms with E-state index in [1.54, 1.807) is 6.20 Å². The second-order valence-electron chi connectivity index (χ2n) is 6.31. The Kier molecular flexibility index (Phi) is 9.46. The Balaban J connectivity index is 0.00000320. The molecule has 0 aliphatic carbocycles. The molecule has 3 N–H and O–H groups in total. The van der Waals surface area contributed by atoms with E-state index >= 15 is 0 Å². The van der Waals surface area contributed by atoms with Crippen molar-refractivity contribution in [1.29, 1.82) is 0 Å². The lowest BCUT2D eigenvalue weighted by atomic mass is 10.2. The van der Waals surface area contributed by atoms with Gasteiger partial charge in [-0.3, -0.25) is 0 Å². The summed E-state index contributed by atoms with van der Waals surface area (Å²) in [5.74, 6) is 2.56. The minimum absolute atomic E-state index is 0. The Morgan fingerprint density at radius 2 is 1.87 bits per heavy atom. The number of aromatic nitrogens is 2. The molecule has 1 heterocycles. The molecule has 30 heavy (non-hydrogen) atoms. The molecule has 7 nitrogen and oxygen atoms in total. The van der Waals surface area contributed by atoms with Crippen molar-refractivity contribution in [3.05, 3.63) is 72.3 Å². The van der Waals surface area contributed by atoms with Crippen LogP contribution in [0.25, 0.3) is 0 Å². The highest BCUT2D eigenvalue weighted by molar-refractivity contribution is 14.0. The monoisotopic (exact) mass is 521 g/mol. The molecule has 0 atom stereocenters. The summed E-state index contributed by atoms with van der Waals surface area (Å²) in [5.41, 5.74) is 8.04. The largest absolute Gasteiger partial charge is 0.494 e. The van der Waals surface area contributed by atoms with E-state index in [2.05, 4.69) is 32.0 Å². The lowest BCUT2D eigenvalue weighted by molar-refractivity contribution is 0.332. The van der Waals surface area contributed by atoms with Gasteiger partial charge in [0.1, 0.15) is 23.9 Å². The molecule has 0 amide bonds. The van der Waals surface area contributed by atoms with E-state index in [9.17, 15) is 0 Å². The van der Waals surface area contributed by atoms with Crippen molar-refractivity contribution in [2.45, 2.75) is 26.9 Å². The molecule has 0 aliphatic rings. The molecule has 0 bridgehead atoms. The summed E-state index contributed by atoms with van der Waals surface area (Å²) in [6.45, 7) is 6.12. The molecule has 0 unspecified atom stereocenters. The van der Waals surface area contributed by atoms with Crippen molar-refractivity contribution in [3.63, 3.8) is 0 Å². The van der Waals surface area contributed by atoms with Crippen LogP contribution in [0.1, 0.15) is 25.2 Å². The fourth-order valence-electron chi connectivity index (χ4n) is 2.89. The van der Waals surface area contributed by atoms with Gasteiger partial charge in [0.25, 0.3) is 0 Å². The molecule has 0 spiro atoms. The van der Waals surface area contributed by atoms with Crippen molar-refractivity contribution in [2.24, 2.45) is 10.7 Å². The zero-order valence-electron chi connectivity index (χ0n) is 17.2. The maximum absolute atomic E-state index is 6.12. The number of halogens is 1. The quantitative estimate of drug-likeness (QED) is 0.250. The number of imidazole rings is 1. The first-order valence-electron chi connectivity index (χ1n) is 9.70. The molecule has 0 saturated heterocycles. The normalized spacial score (nSPS) is 10.9. The maximum atomic E-state index is 6.12. The van der Waals surface area contributed by atoms with Crippen LogP contribution >= 0.6 is 24.0 Å². The molecule has 0 aliphatic heterocycles. The lowest BCUT2D eigenvalue weighted by Crippen LogP contribution is -2.23. The highest BCUT2D eigenvalue weighted by atomic mass is 127. The predicted octanol–water partition coefficient (Wildman–Crippen LogP) is 4.27. The van der Waals surface area contributed by atoms with Crippen molar-refractivity contribution < 1.29 is 9.47 Å². The van der Waals surface area contributed by atoms with Gasteiger partial charge in [0, 0.05) is 25.0 Å². The van der Waals surface area contributed by atoms with E-state index in [4.69, 9.17) is 15.2 Å². The molecule has 8 heteroatoms. The van der Waals surface area contributed by atoms with E-state index in [1.807, 2.05) is 56.4 Å². The van der Waals surface area contributed by atoms with Gasteiger partial charge in [-0.1, -0.05) is 30.3 Å². The number of nitrogens with zero attached hydrogens (tertiary/aromatic N) is 3. The summed E-state index contributed by atoms with van der Waals surface area (Å²) in [4.78, 5) is 8.85. The van der Waals surface area contributed by atoms with Crippen LogP contribution in [0.15, 0.2) is 65.9 Å². The van der Waals surface area contributed by atoms with Gasteiger partial charge in [0.15, 0.2) is 5.96 Å². The van der Waals surface area contributed by atoms with Gasteiger partial charge in [0.05, 0.1) is 18.9 Å². The number of nitrogens with two attached hydrogens (primary N) is 1. The third-order valence-corrected chi connectivity index (χ3v) is 4.21. The third kappa shape index (κ3) is 6.65. The summed E-state index contributed by atoms with van der Waals surface area (Å²) >= 11 is 0. The number of anilines is 1. The third-order valence-electron chi connectivity index (χ3n) is 4.21. The van der Waals surface area contributed by atoms with Crippen LogP contribution in [0.2, 0.25) is 0 Å². The van der Waals surface area contributed by atoms with Crippen LogP contribution in [-0.4, -0.2) is 28.7 Å². The number of aliphatic imine (C=N–C) groups is 1. The van der Waals surface area contributed by atoms with Gasteiger partial charge in [-0.15, -0.1) is 24.0 Å². The highest BCUT2D eigenvalue weighted by Gasteiger charge is 2.08. The van der Waals surface area contributed by atoms with E-state index in [1.165, 1.54) is 5.56 Å². The number of benzene rings is 2. The first kappa shape index (κ1) is 23.5. The summed E-state index contributed by atoms with van der Waals surface area (Å²) in [6.07, 6.45) is 3.72.